The van der Waals surface area contributed by atoms with E-state index >= 15 is 0 Å². The molecule has 1 saturated heterocycles. The lowest BCUT2D eigenvalue weighted by Crippen LogP contribution is -2.43. The van der Waals surface area contributed by atoms with E-state index in [1.807, 2.05) is 18.0 Å². The smallest absolute Gasteiger partial charge is 0.132 e. The minimum absolute atomic E-state index is 0.177. The number of piperazine rings is 1. The first-order chi connectivity index (χ1) is 12.6. The number of ether oxygens (including phenoxy) is 1. The maximum atomic E-state index is 5.86. The van der Waals surface area contributed by atoms with E-state index in [9.17, 15) is 0 Å². The molecule has 0 unspecified atom stereocenters. The molecule has 2 aliphatic rings. The van der Waals surface area contributed by atoms with Gasteiger partial charge in [0, 0.05) is 44.4 Å². The van der Waals surface area contributed by atoms with Crippen LogP contribution in [0.3, 0.4) is 0 Å². The summed E-state index contributed by atoms with van der Waals surface area (Å²) in [6.07, 6.45) is 14.2. The predicted octanol–water partition coefficient (Wildman–Crippen LogP) is 3.61. The molecule has 0 atom stereocenters. The predicted molar refractivity (Wildman–Crippen MR) is 109 cm³/mol. The zero-order valence-electron chi connectivity index (χ0n) is 15.9. The molecule has 0 N–H and O–H groups in total. The summed E-state index contributed by atoms with van der Waals surface area (Å²) >= 11 is 1.82. The Balaban J connectivity index is 1.68. The highest BCUT2D eigenvalue weighted by atomic mass is 32.2. The van der Waals surface area contributed by atoms with Crippen molar-refractivity contribution >= 4 is 17.8 Å². The molecule has 1 fully saturated rings. The Kier molecular flexibility index (Phi) is 6.74. The van der Waals surface area contributed by atoms with Crippen LogP contribution < -0.4 is 4.90 Å². The normalized spacial score (nSPS) is 18.5. The van der Waals surface area contributed by atoms with E-state index in [2.05, 4.69) is 63.6 Å². The van der Waals surface area contributed by atoms with Gasteiger partial charge in [-0.3, -0.25) is 0 Å². The molecule has 26 heavy (non-hydrogen) atoms. The minimum atomic E-state index is 0.177. The van der Waals surface area contributed by atoms with E-state index in [-0.39, 0.29) is 6.10 Å². The molecule has 1 aliphatic carbocycles. The fourth-order valence-electron chi connectivity index (χ4n) is 3.15. The third-order valence-electron chi connectivity index (χ3n) is 4.43. The summed E-state index contributed by atoms with van der Waals surface area (Å²) in [5.74, 6) is 1.96. The van der Waals surface area contributed by atoms with Crippen molar-refractivity contribution in [2.24, 2.45) is 0 Å². The molecule has 2 heterocycles. The van der Waals surface area contributed by atoms with Gasteiger partial charge in [0.1, 0.15) is 17.9 Å². The van der Waals surface area contributed by atoms with E-state index < -0.39 is 0 Å². The van der Waals surface area contributed by atoms with Crippen molar-refractivity contribution in [3.63, 3.8) is 0 Å². The van der Waals surface area contributed by atoms with Crippen LogP contribution >= 0.6 is 11.9 Å². The van der Waals surface area contributed by atoms with Gasteiger partial charge in [-0.05, 0) is 38.7 Å². The van der Waals surface area contributed by atoms with Crippen LogP contribution in [0.5, 0.6) is 0 Å². The molecule has 1 aliphatic heterocycles. The summed E-state index contributed by atoms with van der Waals surface area (Å²) in [6.45, 7) is 8.26. The fourth-order valence-corrected chi connectivity index (χ4v) is 3.68. The van der Waals surface area contributed by atoms with Crippen LogP contribution in [0.1, 0.15) is 26.0 Å². The molecule has 0 spiro atoms. The SMILES string of the molecule is CSN1CCN(c2cc(CC3=CC(OC(C)C)=CC=CC3)ncn2)CC1. The summed E-state index contributed by atoms with van der Waals surface area (Å²) in [5.41, 5.74) is 2.37. The second-order valence-electron chi connectivity index (χ2n) is 6.81. The van der Waals surface area contributed by atoms with Crippen molar-refractivity contribution in [1.29, 1.82) is 0 Å². The van der Waals surface area contributed by atoms with Crippen molar-refractivity contribution in [1.82, 2.24) is 14.3 Å². The molecule has 0 aromatic carbocycles. The molecule has 0 amide bonds. The van der Waals surface area contributed by atoms with Gasteiger partial charge < -0.3 is 9.64 Å². The van der Waals surface area contributed by atoms with Gasteiger partial charge in [-0.15, -0.1) is 0 Å². The van der Waals surface area contributed by atoms with Gasteiger partial charge in [0.2, 0.25) is 0 Å². The lowest BCUT2D eigenvalue weighted by atomic mass is 10.1. The lowest BCUT2D eigenvalue weighted by molar-refractivity contribution is 0.157. The van der Waals surface area contributed by atoms with E-state index in [0.717, 1.165) is 56.3 Å². The van der Waals surface area contributed by atoms with Gasteiger partial charge in [0.15, 0.2) is 0 Å². The molecular formula is C20H28N4OS. The fraction of sp³-hybridized carbons (Fsp3) is 0.500. The number of hydrogen-bond acceptors (Lipinski definition) is 6. The van der Waals surface area contributed by atoms with E-state index in [1.54, 1.807) is 6.33 Å². The van der Waals surface area contributed by atoms with Crippen molar-refractivity contribution in [2.75, 3.05) is 37.3 Å². The highest BCUT2D eigenvalue weighted by Gasteiger charge is 2.18. The second kappa shape index (κ2) is 9.24. The van der Waals surface area contributed by atoms with Crippen LogP contribution in [-0.2, 0) is 11.2 Å². The Bertz CT molecular complexity index is 691. The van der Waals surface area contributed by atoms with E-state index in [4.69, 9.17) is 4.74 Å². The van der Waals surface area contributed by atoms with Gasteiger partial charge in [-0.1, -0.05) is 29.7 Å². The Morgan fingerprint density at radius 2 is 2.00 bits per heavy atom. The molecule has 1 aromatic heterocycles. The van der Waals surface area contributed by atoms with E-state index in [0.29, 0.717) is 0 Å². The average Bonchev–Trinajstić information content (AvgIpc) is 2.86. The first kappa shape index (κ1) is 19.0. The van der Waals surface area contributed by atoms with Crippen molar-refractivity contribution in [3.8, 4) is 0 Å². The number of rotatable bonds is 6. The molecule has 6 heteroatoms. The Morgan fingerprint density at radius 1 is 1.19 bits per heavy atom. The Hall–Kier alpha value is -1.79. The maximum absolute atomic E-state index is 5.86. The molecular weight excluding hydrogens is 344 g/mol. The molecule has 5 nitrogen and oxygen atoms in total. The van der Waals surface area contributed by atoms with E-state index in [1.165, 1.54) is 5.57 Å². The van der Waals surface area contributed by atoms with Crippen LogP contribution in [-0.4, -0.2) is 52.8 Å². The molecule has 0 bridgehead atoms. The highest BCUT2D eigenvalue weighted by Crippen LogP contribution is 2.21. The summed E-state index contributed by atoms with van der Waals surface area (Å²) < 4.78 is 8.26. The Labute approximate surface area is 161 Å². The Morgan fingerprint density at radius 3 is 2.73 bits per heavy atom. The summed E-state index contributed by atoms with van der Waals surface area (Å²) in [7, 11) is 0. The molecule has 140 valence electrons. The zero-order valence-corrected chi connectivity index (χ0v) is 16.7. The van der Waals surface area contributed by atoms with Gasteiger partial charge >= 0.3 is 0 Å². The van der Waals surface area contributed by atoms with Crippen LogP contribution in [0.2, 0.25) is 0 Å². The number of nitrogens with zero attached hydrogens (tertiary/aromatic N) is 4. The molecule has 0 radical (unpaired) electrons. The molecule has 3 rings (SSSR count). The van der Waals surface area contributed by atoms with Gasteiger partial charge in [0.05, 0.1) is 6.10 Å². The second-order valence-corrected chi connectivity index (χ2v) is 7.70. The van der Waals surface area contributed by atoms with Crippen LogP contribution in [0.25, 0.3) is 0 Å². The van der Waals surface area contributed by atoms with Gasteiger partial charge in [-0.2, -0.15) is 0 Å². The first-order valence-corrected chi connectivity index (χ1v) is 10.4. The zero-order chi connectivity index (χ0) is 18.4. The topological polar surface area (TPSA) is 41.5 Å². The van der Waals surface area contributed by atoms with Gasteiger partial charge in [0.25, 0.3) is 0 Å². The van der Waals surface area contributed by atoms with Gasteiger partial charge in [-0.25, -0.2) is 14.3 Å². The summed E-state index contributed by atoms with van der Waals surface area (Å²) in [6, 6.07) is 2.14. The number of aromatic nitrogens is 2. The van der Waals surface area contributed by atoms with Crippen LogP contribution in [0, 0.1) is 0 Å². The maximum Gasteiger partial charge on any atom is 0.132 e. The third kappa shape index (κ3) is 5.35. The highest BCUT2D eigenvalue weighted by molar-refractivity contribution is 7.96. The number of anilines is 1. The molecule has 0 saturated carbocycles. The standard InChI is InChI=1S/C20H28N4OS/c1-16(2)25-19-7-5-4-6-17(13-19)12-18-14-20(22-15-21-18)23-8-10-24(26-3)11-9-23/h4-5,7,13-16H,6,8-12H2,1-3H3. The van der Waals surface area contributed by atoms with Crippen LogP contribution in [0.15, 0.2) is 48.0 Å². The minimum Gasteiger partial charge on any atom is -0.491 e. The quantitative estimate of drug-likeness (QED) is 0.711. The van der Waals surface area contributed by atoms with Crippen LogP contribution in [0.4, 0.5) is 5.82 Å². The number of allylic oxidation sites excluding steroid dienone is 5. The largest absolute Gasteiger partial charge is 0.491 e. The number of hydrogen-bond donors (Lipinski definition) is 0. The first-order valence-electron chi connectivity index (χ1n) is 9.22. The average molecular weight is 373 g/mol. The molecule has 1 aromatic rings. The van der Waals surface area contributed by atoms with Crippen molar-refractivity contribution < 1.29 is 4.74 Å². The summed E-state index contributed by atoms with van der Waals surface area (Å²) in [5, 5.41) is 0. The third-order valence-corrected chi connectivity index (χ3v) is 5.31. The van der Waals surface area contributed by atoms with Crippen molar-refractivity contribution in [2.45, 2.75) is 32.8 Å². The summed E-state index contributed by atoms with van der Waals surface area (Å²) in [4.78, 5) is 11.4. The van der Waals surface area contributed by atoms with Crippen molar-refractivity contribution in [3.05, 3.63) is 53.7 Å². The monoisotopic (exact) mass is 372 g/mol. The lowest BCUT2D eigenvalue weighted by Gasteiger charge is -2.34.